The van der Waals surface area contributed by atoms with Crippen LogP contribution < -0.4 is 20.4 Å². The van der Waals surface area contributed by atoms with Gasteiger partial charge < -0.3 is 39.6 Å². The second-order valence-corrected chi connectivity index (χ2v) is 13.1. The average Bonchev–Trinajstić information content (AvgIpc) is 3.10. The van der Waals surface area contributed by atoms with Crippen LogP contribution in [0.2, 0.25) is 0 Å². The zero-order valence-corrected chi connectivity index (χ0v) is 37.3. The molecule has 0 radical (unpaired) electrons. The van der Waals surface area contributed by atoms with E-state index >= 15 is 0 Å². The predicted octanol–water partition coefficient (Wildman–Crippen LogP) is 8.17. The molecule has 53 heavy (non-hydrogen) atoms. The van der Waals surface area contributed by atoms with Crippen molar-refractivity contribution in [2.45, 2.75) is 207 Å². The van der Waals surface area contributed by atoms with Gasteiger partial charge in [0.05, 0.1) is 23.9 Å². The second kappa shape index (κ2) is 56.9. The van der Waals surface area contributed by atoms with Gasteiger partial charge in [-0.2, -0.15) is 0 Å². The summed E-state index contributed by atoms with van der Waals surface area (Å²) < 4.78 is 0. The predicted molar refractivity (Wildman–Crippen MR) is 209 cm³/mol. The van der Waals surface area contributed by atoms with Crippen LogP contribution in [-0.2, 0) is 19.2 Å². The van der Waals surface area contributed by atoms with E-state index in [1.807, 2.05) is 0 Å². The summed E-state index contributed by atoms with van der Waals surface area (Å²) in [5.74, 6) is -4.37. The average molecular weight is 873 g/mol. The zero-order valence-electron chi connectivity index (χ0n) is 34.2. The summed E-state index contributed by atoms with van der Waals surface area (Å²) in [5.41, 5.74) is 0. The molecular weight excluding hydrogens is 797 g/mol. The van der Waals surface area contributed by atoms with Crippen molar-refractivity contribution in [2.24, 2.45) is 0 Å². The number of unbranched alkanes of at least 4 members (excludes halogenated alkanes) is 24. The number of carbonyl (C=O) groups is 4. The number of carboxylic acid groups (broad SMARTS) is 4. The van der Waals surface area contributed by atoms with Gasteiger partial charge in [-0.05, 0) is 75.7 Å². The maximum absolute atomic E-state index is 9.98. The van der Waals surface area contributed by atoms with Crippen LogP contribution in [0.3, 0.4) is 0 Å². The Morgan fingerprint density at radius 2 is 0.453 bits per heavy atom. The molecule has 0 fully saturated rings. The Morgan fingerprint density at radius 3 is 0.604 bits per heavy atom. The molecule has 0 aromatic heterocycles. The molecule has 0 aromatic carbocycles. The molecule has 0 amide bonds. The minimum atomic E-state index is -1.09. The van der Waals surface area contributed by atoms with E-state index in [-0.39, 0.29) is 41.7 Å². The van der Waals surface area contributed by atoms with Gasteiger partial charge in [0.2, 0.25) is 0 Å². The van der Waals surface area contributed by atoms with Crippen molar-refractivity contribution in [1.82, 2.24) is 0 Å². The maximum Gasteiger partial charge on any atom is 4.00 e. The van der Waals surface area contributed by atoms with Crippen LogP contribution in [0.15, 0.2) is 48.6 Å². The van der Waals surface area contributed by atoms with E-state index in [1.54, 1.807) is 24.3 Å². The molecule has 0 saturated carbocycles. The first-order valence-electron chi connectivity index (χ1n) is 20.6. The Kier molecular flexibility index (Phi) is 65.0. The van der Waals surface area contributed by atoms with Gasteiger partial charge in [-0.25, -0.2) is 0 Å². The second-order valence-electron chi connectivity index (χ2n) is 13.1. The monoisotopic (exact) mass is 872 g/mol. The summed E-state index contributed by atoms with van der Waals surface area (Å²) in [7, 11) is 0. The van der Waals surface area contributed by atoms with Crippen molar-refractivity contribution in [1.29, 1.82) is 0 Å². The largest absolute Gasteiger partial charge is 4.00 e. The minimum Gasteiger partial charge on any atom is -0.545 e. The fourth-order valence-electron chi connectivity index (χ4n) is 4.89. The van der Waals surface area contributed by atoms with E-state index < -0.39 is 23.9 Å². The number of carbonyl (C=O) groups excluding carboxylic acids is 4. The number of allylic oxidation sites excluding steroid dienone is 4. The summed E-state index contributed by atoms with van der Waals surface area (Å²) >= 11 is 0. The first-order chi connectivity index (χ1) is 25.1. The Balaban J connectivity index is -0.000000192. The first-order valence-corrected chi connectivity index (χ1v) is 20.6. The number of rotatable bonds is 32. The third kappa shape index (κ3) is 79.9. The fraction of sp³-hybridized carbons (Fsp3) is 0.727. The number of aliphatic carboxylic acids is 4. The third-order valence-electron chi connectivity index (χ3n) is 7.91. The van der Waals surface area contributed by atoms with Gasteiger partial charge in [0, 0.05) is 0 Å². The molecular formula is C44H76CeO8. The quantitative estimate of drug-likeness (QED) is 0.0483. The Bertz CT molecular complexity index is 752. The van der Waals surface area contributed by atoms with Crippen LogP contribution in [0, 0.1) is 41.7 Å². The van der Waals surface area contributed by atoms with Crippen LogP contribution in [0.1, 0.15) is 207 Å². The van der Waals surface area contributed by atoms with Crippen molar-refractivity contribution in [3.63, 3.8) is 0 Å². The smallest absolute Gasteiger partial charge is 0.545 e. The molecule has 304 valence electrons. The molecule has 0 aliphatic heterocycles. The molecule has 0 N–H and O–H groups in total. The number of hydrogen-bond acceptors (Lipinski definition) is 8. The van der Waals surface area contributed by atoms with Crippen molar-refractivity contribution in [3.05, 3.63) is 48.6 Å². The van der Waals surface area contributed by atoms with Crippen LogP contribution in [0.4, 0.5) is 0 Å². The van der Waals surface area contributed by atoms with Crippen molar-refractivity contribution < 1.29 is 81.4 Å². The molecule has 0 saturated heterocycles. The third-order valence-corrected chi connectivity index (χ3v) is 7.91. The van der Waals surface area contributed by atoms with Gasteiger partial charge in [0.25, 0.3) is 0 Å². The standard InChI is InChI=1S/4C11H20O2.Ce/c4*1-2-3-4-5-6-7-8-9-10-11(12)13;/h4*9-10H,2-8H2,1H3,(H,12,13);/q;;;;+4/p-4. The van der Waals surface area contributed by atoms with Gasteiger partial charge in [0.1, 0.15) is 0 Å². The van der Waals surface area contributed by atoms with E-state index in [9.17, 15) is 39.6 Å². The Morgan fingerprint density at radius 1 is 0.302 bits per heavy atom. The van der Waals surface area contributed by atoms with Gasteiger partial charge in [-0.15, -0.1) is 0 Å². The van der Waals surface area contributed by atoms with Gasteiger partial charge in [0.15, 0.2) is 0 Å². The molecule has 0 aromatic rings. The van der Waals surface area contributed by atoms with Gasteiger partial charge in [-0.3, -0.25) is 0 Å². The fourth-order valence-corrected chi connectivity index (χ4v) is 4.89. The van der Waals surface area contributed by atoms with Gasteiger partial charge in [-0.1, -0.05) is 180 Å². The topological polar surface area (TPSA) is 161 Å². The SMILES string of the molecule is CCCCCCCCC=CC(=O)[O-].CCCCCCCCC=CC(=O)[O-].CCCCCCCCC=CC(=O)[O-].CCCCCCCCC=CC(=O)[O-].[Ce+4]. The molecule has 0 spiro atoms. The van der Waals surface area contributed by atoms with Crippen molar-refractivity contribution in [3.8, 4) is 0 Å². The Labute approximate surface area is 358 Å². The van der Waals surface area contributed by atoms with E-state index in [0.717, 1.165) is 75.7 Å². The molecule has 0 aliphatic carbocycles. The summed E-state index contributed by atoms with van der Waals surface area (Å²) in [4.78, 5) is 39.9. The van der Waals surface area contributed by atoms with Crippen LogP contribution in [-0.4, -0.2) is 23.9 Å². The zero-order chi connectivity index (χ0) is 39.8. The molecule has 0 unspecified atom stereocenters. The number of carboxylic acids is 4. The van der Waals surface area contributed by atoms with Gasteiger partial charge >= 0.3 is 41.7 Å². The van der Waals surface area contributed by atoms with E-state index in [2.05, 4.69) is 27.7 Å². The van der Waals surface area contributed by atoms with Crippen LogP contribution in [0.5, 0.6) is 0 Å². The van der Waals surface area contributed by atoms with Crippen LogP contribution >= 0.6 is 0 Å². The molecule has 0 rings (SSSR count). The summed E-state index contributed by atoms with van der Waals surface area (Å²) in [6.45, 7) is 8.79. The summed E-state index contributed by atoms with van der Waals surface area (Å²) in [6.07, 6.45) is 44.4. The summed E-state index contributed by atoms with van der Waals surface area (Å²) in [6, 6.07) is 0. The minimum absolute atomic E-state index is 0. The molecule has 0 aliphatic rings. The van der Waals surface area contributed by atoms with Crippen molar-refractivity contribution in [2.75, 3.05) is 0 Å². The van der Waals surface area contributed by atoms with E-state index in [1.165, 1.54) is 128 Å². The first kappa shape index (κ1) is 60.5. The molecule has 0 bridgehead atoms. The molecule has 0 atom stereocenters. The van der Waals surface area contributed by atoms with E-state index in [0.29, 0.717) is 0 Å². The van der Waals surface area contributed by atoms with Crippen molar-refractivity contribution >= 4 is 23.9 Å². The Hall–Kier alpha value is -1.78. The molecule has 0 heterocycles. The maximum atomic E-state index is 9.98. The summed E-state index contributed by atoms with van der Waals surface area (Å²) in [5, 5.41) is 39.9. The van der Waals surface area contributed by atoms with E-state index in [4.69, 9.17) is 0 Å². The normalized spacial score (nSPS) is 10.6. The molecule has 9 heteroatoms. The number of hydrogen-bond donors (Lipinski definition) is 0. The molecule has 8 nitrogen and oxygen atoms in total. The van der Waals surface area contributed by atoms with Crippen LogP contribution in [0.25, 0.3) is 0 Å².